The summed E-state index contributed by atoms with van der Waals surface area (Å²) in [4.78, 5) is 189. The number of rotatable bonds is 36. The Morgan fingerprint density at radius 2 is 0.600 bits per heavy atom. The van der Waals surface area contributed by atoms with Crippen LogP contribution in [0.2, 0.25) is 0 Å². The molecule has 43 nitrogen and oxygen atoms in total. The molecule has 43 heteroatoms. The van der Waals surface area contributed by atoms with Gasteiger partial charge in [0.05, 0.1) is 50.9 Å². The van der Waals surface area contributed by atoms with Crippen molar-refractivity contribution in [3.63, 3.8) is 0 Å². The first-order chi connectivity index (χ1) is 52.6. The smallest absolute Gasteiger partial charge is 0.283 e. The Hall–Kier alpha value is -14.2. The second-order valence-corrected chi connectivity index (χ2v) is 23.3. The van der Waals surface area contributed by atoms with E-state index in [2.05, 4.69) is 49.1 Å². The third kappa shape index (κ3) is 23.4. The predicted octanol–water partition coefficient (Wildman–Crippen LogP) is -4.73. The monoisotopic (exact) mass is 1530 g/mol. The van der Waals surface area contributed by atoms with E-state index in [4.69, 9.17) is 9.47 Å². The maximum absolute atomic E-state index is 13.2. The maximum atomic E-state index is 13.2. The fourth-order valence-electron chi connectivity index (χ4n) is 10.1. The summed E-state index contributed by atoms with van der Waals surface area (Å²) in [5, 5.41) is 101. The zero-order valence-electron chi connectivity index (χ0n) is 58.0. The minimum absolute atomic E-state index is 0.0455. The van der Waals surface area contributed by atoms with Crippen molar-refractivity contribution < 1.29 is 89.5 Å². The van der Waals surface area contributed by atoms with Gasteiger partial charge in [-0.05, 0) is 61.0 Å². The number of amides is 8. The second kappa shape index (κ2) is 40.4. The Kier molecular flexibility index (Phi) is 30.5. The standard InChI is InChI=1S/C34H38N8O13.C33H38N10O12/c1-21-6-2-7-24(39(21)50)31(46)35-14-16-54-19-22(37-33(48)26-9-4-12-29(44)41(26)52)18-23(38-34(49)27-10-5-13-30(45)42(27)53)20-55-17-15-36-32(47)25-8-3-11-28(43)40(25)51;44-26-9-1-5-22(40(26)52)30(48)34-13-17-38(18-14-35-31(49)23-6-2-10-27(45)41(23)53)21-39(19-15-36-32(50)24-7-3-11-28(46)42(24)54)20-16-37-33(51)25-8-4-12-29(47)43(25)55/h2-13,22-23,50-53H,1,14-20H2,(H,35,46)(H,36,47)(H,37,48)(H,38,49);1-12,52-55H,13-21H2,(H,34,48)(H,35,49)(H,36,50)(H,37,51). The van der Waals surface area contributed by atoms with Crippen molar-refractivity contribution in [2.45, 2.75) is 18.5 Å². The summed E-state index contributed by atoms with van der Waals surface area (Å²) in [7, 11) is 0. The van der Waals surface area contributed by atoms with Crippen LogP contribution in [0.4, 0.5) is 0 Å². The van der Waals surface area contributed by atoms with E-state index in [0.29, 0.717) is 5.06 Å². The van der Waals surface area contributed by atoms with E-state index >= 15 is 0 Å². The number of hydrogen-bond donors (Lipinski definition) is 16. The first-order valence-corrected chi connectivity index (χ1v) is 32.9. The Balaban J connectivity index is 0.000000306. The van der Waals surface area contributed by atoms with E-state index in [9.17, 15) is 114 Å². The number of nitrogens with zero attached hydrogens (tertiary/aromatic N) is 10. The van der Waals surface area contributed by atoms with Crippen molar-refractivity contribution in [2.24, 2.45) is 0 Å². The molecule has 8 amide bonds. The maximum Gasteiger partial charge on any atom is 0.283 e. The first kappa shape index (κ1) is 83.1. The molecule has 110 heavy (non-hydrogen) atoms. The molecule has 8 heterocycles. The average molecular weight is 1530 g/mol. The highest BCUT2D eigenvalue weighted by Gasteiger charge is 2.27. The lowest BCUT2D eigenvalue weighted by Crippen LogP contribution is -2.49. The van der Waals surface area contributed by atoms with Gasteiger partial charge < -0.3 is 88.5 Å². The average Bonchev–Trinajstić information content (AvgIpc) is 1.10. The molecule has 1 aliphatic rings. The van der Waals surface area contributed by atoms with E-state index in [1.165, 1.54) is 103 Å². The molecule has 0 fully saturated rings. The number of pyridine rings is 7. The van der Waals surface area contributed by atoms with Crippen molar-refractivity contribution in [1.29, 1.82) is 0 Å². The predicted molar refractivity (Wildman–Crippen MR) is 377 cm³/mol. The van der Waals surface area contributed by atoms with Gasteiger partial charge in [-0.2, -0.15) is 0 Å². The van der Waals surface area contributed by atoms with Gasteiger partial charge in [-0.15, -0.1) is 33.1 Å². The van der Waals surface area contributed by atoms with Gasteiger partial charge in [0.25, 0.3) is 86.2 Å². The second-order valence-electron chi connectivity index (χ2n) is 23.3. The number of allylic oxidation sites excluding steroid dienone is 3. The molecule has 0 aliphatic carbocycles. The largest absolute Gasteiger partial charge is 0.425 e. The van der Waals surface area contributed by atoms with Gasteiger partial charge in [-0.3, -0.25) is 86.9 Å². The summed E-state index contributed by atoms with van der Waals surface area (Å²) < 4.78 is 12.6. The fourth-order valence-corrected chi connectivity index (χ4v) is 10.1. The van der Waals surface area contributed by atoms with Gasteiger partial charge in [0.2, 0.25) is 0 Å². The van der Waals surface area contributed by atoms with E-state index in [1.54, 1.807) is 9.80 Å². The third-order valence-corrected chi connectivity index (χ3v) is 15.6. The van der Waals surface area contributed by atoms with Crippen LogP contribution in [-0.2, 0) is 14.3 Å². The number of carbonyl (C=O) groups excluding carboxylic acids is 8. The number of aromatic nitrogens is 7. The molecule has 7 aromatic rings. The SMILES string of the molecule is C=C1C=CC=C(C(=O)NCCOCC(CC(COCCNC(=O)c2cccc(=O)n2O)NC(=O)c2cccc(=O)n2O)NC(=O)c2cccc(=O)n2O)N1O.O=C(NCCN(CCNC(=O)c1cccc(=O)n1O)CN(CCNC(=O)c1cccc(=O)n1O)CCNC(=O)c1cccc(=O)n1O)c1cccc(=O)n1O. The Morgan fingerprint density at radius 1 is 0.355 bits per heavy atom. The zero-order chi connectivity index (χ0) is 80.1. The van der Waals surface area contributed by atoms with Crippen LogP contribution in [0.1, 0.15) is 79.8 Å². The topological polar surface area (TPSA) is 577 Å². The summed E-state index contributed by atoms with van der Waals surface area (Å²) in [5.41, 5.74) is -8.29. The first-order valence-electron chi connectivity index (χ1n) is 32.9. The summed E-state index contributed by atoms with van der Waals surface area (Å²) in [6.07, 6.45) is 4.22. The molecular weight excluding hydrogens is 1460 g/mol. The van der Waals surface area contributed by atoms with Crippen molar-refractivity contribution in [3.05, 3.63) is 276 Å². The van der Waals surface area contributed by atoms with Crippen LogP contribution in [-0.4, -0.2) is 248 Å². The molecule has 8 rings (SSSR count). The van der Waals surface area contributed by atoms with Crippen molar-refractivity contribution in [1.82, 2.24) is 90.5 Å². The fraction of sp³-hybridized carbons (Fsp3) is 0.269. The van der Waals surface area contributed by atoms with Crippen molar-refractivity contribution in [3.8, 4) is 0 Å². The Labute approximate surface area is 618 Å². The van der Waals surface area contributed by atoms with Gasteiger partial charge in [0, 0.05) is 108 Å². The number of hydrogen-bond acceptors (Lipinski definition) is 28. The molecule has 0 saturated carbocycles. The van der Waals surface area contributed by atoms with Crippen LogP contribution < -0.4 is 81.4 Å². The molecule has 584 valence electrons. The van der Waals surface area contributed by atoms with Gasteiger partial charge in [-0.1, -0.05) is 55.1 Å². The number of ether oxygens (including phenoxy) is 2. The third-order valence-electron chi connectivity index (χ3n) is 15.6. The van der Waals surface area contributed by atoms with E-state index in [-0.39, 0.29) is 178 Å². The minimum atomic E-state index is -1.01. The van der Waals surface area contributed by atoms with E-state index in [1.807, 2.05) is 0 Å². The van der Waals surface area contributed by atoms with Gasteiger partial charge in [-0.25, -0.2) is 5.06 Å². The van der Waals surface area contributed by atoms with Crippen LogP contribution >= 0.6 is 0 Å². The molecule has 0 spiro atoms. The molecule has 0 aromatic carbocycles. The van der Waals surface area contributed by atoms with Crippen LogP contribution in [0.25, 0.3) is 0 Å². The van der Waals surface area contributed by atoms with Crippen LogP contribution in [0.15, 0.2) is 197 Å². The number of carbonyl (C=O) groups is 8. The lowest BCUT2D eigenvalue weighted by atomic mass is 10.1. The molecule has 2 unspecified atom stereocenters. The van der Waals surface area contributed by atoms with Crippen molar-refractivity contribution >= 4 is 47.3 Å². The molecular formula is C67H76N18O25. The highest BCUT2D eigenvalue weighted by atomic mass is 16.5. The summed E-state index contributed by atoms with van der Waals surface area (Å²) in [6.45, 7) is 2.86. The number of hydroxylamine groups is 2. The molecule has 0 radical (unpaired) electrons. The Morgan fingerprint density at radius 3 is 0.873 bits per heavy atom. The van der Waals surface area contributed by atoms with Crippen LogP contribution in [0.3, 0.4) is 0 Å². The highest BCUT2D eigenvalue weighted by molar-refractivity contribution is 5.96. The van der Waals surface area contributed by atoms with Crippen molar-refractivity contribution in [2.75, 3.05) is 98.5 Å². The van der Waals surface area contributed by atoms with Crippen LogP contribution in [0.5, 0.6) is 0 Å². The quantitative estimate of drug-likeness (QED) is 0.00996. The van der Waals surface area contributed by atoms with Gasteiger partial charge >= 0.3 is 0 Å². The van der Waals surface area contributed by atoms with E-state index in [0.717, 1.165) is 42.5 Å². The number of nitrogens with one attached hydrogen (secondary N) is 8. The normalized spacial score (nSPS) is 12.2. The molecule has 16 N–H and O–H groups in total. The van der Waals surface area contributed by atoms with E-state index < -0.39 is 110 Å². The lowest BCUT2D eigenvalue weighted by Gasteiger charge is -2.31. The van der Waals surface area contributed by atoms with Gasteiger partial charge in [0.15, 0.2) is 0 Å². The summed E-state index contributed by atoms with van der Waals surface area (Å²) >= 11 is 0. The zero-order valence-corrected chi connectivity index (χ0v) is 58.0. The van der Waals surface area contributed by atoms with Crippen LogP contribution in [0, 0.1) is 0 Å². The minimum Gasteiger partial charge on any atom is -0.425 e. The van der Waals surface area contributed by atoms with Gasteiger partial charge in [0.1, 0.15) is 45.6 Å². The molecule has 7 aromatic heterocycles. The molecule has 0 saturated heterocycles. The molecule has 1 aliphatic heterocycles. The summed E-state index contributed by atoms with van der Waals surface area (Å²) in [6, 6.07) is 22.8. The highest BCUT2D eigenvalue weighted by Crippen LogP contribution is 2.15. The summed E-state index contributed by atoms with van der Waals surface area (Å²) in [5.74, 6) is -6.34. The molecule has 0 bridgehead atoms. The lowest BCUT2D eigenvalue weighted by molar-refractivity contribution is -0.124. The Bertz CT molecular complexity index is 4730. The molecule has 2 atom stereocenters.